The Bertz CT molecular complexity index is 238. The molecule has 2 heterocycles. The van der Waals surface area contributed by atoms with E-state index < -0.39 is 0 Å². The van der Waals surface area contributed by atoms with Gasteiger partial charge in [0.25, 0.3) is 0 Å². The van der Waals surface area contributed by atoms with Gasteiger partial charge in [-0.2, -0.15) is 0 Å². The van der Waals surface area contributed by atoms with Crippen LogP contribution in [0.2, 0.25) is 0 Å². The summed E-state index contributed by atoms with van der Waals surface area (Å²) in [6, 6.07) is 0. The second-order valence-electron chi connectivity index (χ2n) is 2.26. The van der Waals surface area contributed by atoms with Crippen molar-refractivity contribution in [3.05, 3.63) is 11.8 Å². The summed E-state index contributed by atoms with van der Waals surface area (Å²) < 4.78 is 0. The molecule has 0 aromatic heterocycles. The second-order valence-corrected chi connectivity index (χ2v) is 2.26. The highest BCUT2D eigenvalue weighted by Gasteiger charge is 2.15. The standard InChI is InChI=1S/C6H8N4/c1-5-2-3-10-6(9-5)7-4-8-10/h2,4H,3H2,1H3,(H,7,8,9). The third kappa shape index (κ3) is 0.689. The summed E-state index contributed by atoms with van der Waals surface area (Å²) in [5, 5.41) is 1.88. The van der Waals surface area contributed by atoms with Crippen molar-refractivity contribution in [2.24, 2.45) is 9.98 Å². The summed E-state index contributed by atoms with van der Waals surface area (Å²) in [5.41, 5.74) is 3.98. The molecule has 1 N–H and O–H groups in total. The monoisotopic (exact) mass is 136 g/mol. The number of allylic oxidation sites excluding steroid dienone is 1. The number of nitrogens with one attached hydrogen (secondary N) is 1. The summed E-state index contributed by atoms with van der Waals surface area (Å²) in [6.07, 6.45) is 3.69. The Hall–Kier alpha value is -1.32. The topological polar surface area (TPSA) is 40.0 Å². The summed E-state index contributed by atoms with van der Waals surface area (Å²) in [7, 11) is 0. The predicted octanol–water partition coefficient (Wildman–Crippen LogP) is 0.108. The zero-order valence-corrected chi connectivity index (χ0v) is 5.70. The maximum absolute atomic E-state index is 4.19. The quantitative estimate of drug-likeness (QED) is 0.513. The molecule has 0 bridgehead atoms. The van der Waals surface area contributed by atoms with E-state index >= 15 is 0 Å². The molecule has 0 unspecified atom stereocenters. The fourth-order valence-electron chi connectivity index (χ4n) is 0.934. The molecular weight excluding hydrogens is 128 g/mol. The summed E-state index contributed by atoms with van der Waals surface area (Å²) in [4.78, 5) is 8.19. The molecule has 0 atom stereocenters. The Morgan fingerprint density at radius 2 is 2.60 bits per heavy atom. The lowest BCUT2D eigenvalue weighted by atomic mass is 10.4. The summed E-state index contributed by atoms with van der Waals surface area (Å²) in [6.45, 7) is 2.82. The van der Waals surface area contributed by atoms with Crippen LogP contribution in [0.3, 0.4) is 0 Å². The van der Waals surface area contributed by atoms with Gasteiger partial charge in [-0.05, 0) is 13.0 Å². The molecule has 2 aliphatic heterocycles. The maximum Gasteiger partial charge on any atom is 0.246 e. The van der Waals surface area contributed by atoms with E-state index in [1.165, 1.54) is 0 Å². The third-order valence-electron chi connectivity index (χ3n) is 1.48. The number of hydrogen-bond acceptors (Lipinski definition) is 4. The molecule has 52 valence electrons. The number of hydrazine groups is 1. The molecule has 0 saturated heterocycles. The maximum atomic E-state index is 4.19. The van der Waals surface area contributed by atoms with Crippen LogP contribution in [-0.2, 0) is 0 Å². The number of rotatable bonds is 0. The molecular formula is C6H8N4. The van der Waals surface area contributed by atoms with E-state index in [1.807, 2.05) is 18.0 Å². The van der Waals surface area contributed by atoms with Gasteiger partial charge in [0.2, 0.25) is 5.96 Å². The Morgan fingerprint density at radius 1 is 1.70 bits per heavy atom. The normalized spacial score (nSPS) is 21.5. The van der Waals surface area contributed by atoms with E-state index in [1.54, 1.807) is 6.34 Å². The number of hydrogen-bond donors (Lipinski definition) is 1. The van der Waals surface area contributed by atoms with E-state index in [9.17, 15) is 0 Å². The number of aliphatic imine (C=N–C) groups is 2. The number of nitrogens with zero attached hydrogens (tertiary/aromatic N) is 3. The van der Waals surface area contributed by atoms with Gasteiger partial charge in [-0.15, -0.1) is 0 Å². The van der Waals surface area contributed by atoms with Gasteiger partial charge in [-0.1, -0.05) is 0 Å². The van der Waals surface area contributed by atoms with Crippen LogP contribution in [0, 0.1) is 0 Å². The molecule has 0 saturated carbocycles. The summed E-state index contributed by atoms with van der Waals surface area (Å²) in [5.74, 6) is 0.764. The Kier molecular flexibility index (Phi) is 1.00. The first-order chi connectivity index (χ1) is 4.86. The molecule has 0 aliphatic carbocycles. The fraction of sp³-hybridized carbons (Fsp3) is 0.333. The molecule has 0 radical (unpaired) electrons. The van der Waals surface area contributed by atoms with Crippen LogP contribution < -0.4 is 5.43 Å². The Morgan fingerprint density at radius 3 is 3.50 bits per heavy atom. The van der Waals surface area contributed by atoms with Gasteiger partial charge in [0.15, 0.2) is 0 Å². The second kappa shape index (κ2) is 1.83. The Labute approximate surface area is 58.9 Å². The van der Waals surface area contributed by atoms with Crippen molar-refractivity contribution >= 4 is 12.3 Å². The van der Waals surface area contributed by atoms with Crippen LogP contribution in [0.4, 0.5) is 0 Å². The van der Waals surface area contributed by atoms with Crippen molar-refractivity contribution in [2.75, 3.05) is 6.54 Å². The van der Waals surface area contributed by atoms with Gasteiger partial charge in [-0.25, -0.2) is 15.0 Å². The van der Waals surface area contributed by atoms with Crippen molar-refractivity contribution < 1.29 is 0 Å². The van der Waals surface area contributed by atoms with Crippen molar-refractivity contribution in [2.45, 2.75) is 6.92 Å². The van der Waals surface area contributed by atoms with Gasteiger partial charge in [0.05, 0.1) is 6.54 Å². The van der Waals surface area contributed by atoms with Crippen LogP contribution >= 0.6 is 0 Å². The molecule has 2 rings (SSSR count). The molecule has 0 aromatic carbocycles. The lowest BCUT2D eigenvalue weighted by molar-refractivity contribution is 0.425. The average Bonchev–Trinajstić information content (AvgIpc) is 2.33. The first kappa shape index (κ1) is 5.46. The lowest BCUT2D eigenvalue weighted by Crippen LogP contribution is -2.37. The van der Waals surface area contributed by atoms with E-state index in [-0.39, 0.29) is 0 Å². The van der Waals surface area contributed by atoms with Gasteiger partial charge in [-0.3, -0.25) is 5.43 Å². The minimum Gasteiger partial charge on any atom is -0.285 e. The van der Waals surface area contributed by atoms with Gasteiger partial charge in [0.1, 0.15) is 6.34 Å². The molecule has 0 amide bonds. The molecule has 0 aromatic rings. The largest absolute Gasteiger partial charge is 0.285 e. The minimum absolute atomic E-state index is 0.764. The first-order valence-corrected chi connectivity index (χ1v) is 3.18. The van der Waals surface area contributed by atoms with Crippen LogP contribution in [0.25, 0.3) is 0 Å². The minimum atomic E-state index is 0.764. The average molecular weight is 136 g/mol. The van der Waals surface area contributed by atoms with Crippen LogP contribution in [-0.4, -0.2) is 23.9 Å². The molecule has 10 heavy (non-hydrogen) atoms. The smallest absolute Gasteiger partial charge is 0.246 e. The van der Waals surface area contributed by atoms with Crippen molar-refractivity contribution in [1.29, 1.82) is 0 Å². The first-order valence-electron chi connectivity index (χ1n) is 3.18. The molecule has 0 fully saturated rings. The zero-order chi connectivity index (χ0) is 6.97. The number of fused-ring (bicyclic) bond motifs is 1. The van der Waals surface area contributed by atoms with Crippen LogP contribution in [0.15, 0.2) is 21.8 Å². The SMILES string of the molecule is CC1=CCN2NC=NC2=N1. The van der Waals surface area contributed by atoms with Gasteiger partial charge in [0, 0.05) is 5.70 Å². The van der Waals surface area contributed by atoms with E-state index in [2.05, 4.69) is 15.4 Å². The highest BCUT2D eigenvalue weighted by molar-refractivity contribution is 5.93. The van der Waals surface area contributed by atoms with Gasteiger partial charge < -0.3 is 0 Å². The van der Waals surface area contributed by atoms with E-state index in [4.69, 9.17) is 0 Å². The van der Waals surface area contributed by atoms with Crippen molar-refractivity contribution in [3.63, 3.8) is 0 Å². The van der Waals surface area contributed by atoms with E-state index in [0.717, 1.165) is 18.2 Å². The van der Waals surface area contributed by atoms with E-state index in [0.29, 0.717) is 0 Å². The molecule has 0 spiro atoms. The number of guanidine groups is 1. The van der Waals surface area contributed by atoms with Crippen molar-refractivity contribution in [1.82, 2.24) is 10.4 Å². The highest BCUT2D eigenvalue weighted by atomic mass is 15.6. The fourth-order valence-corrected chi connectivity index (χ4v) is 0.934. The Balaban J connectivity index is 2.31. The van der Waals surface area contributed by atoms with Gasteiger partial charge >= 0.3 is 0 Å². The van der Waals surface area contributed by atoms with Crippen LogP contribution in [0.5, 0.6) is 0 Å². The predicted molar refractivity (Wildman–Crippen MR) is 39.5 cm³/mol. The zero-order valence-electron chi connectivity index (χ0n) is 5.70. The summed E-state index contributed by atoms with van der Waals surface area (Å²) >= 11 is 0. The van der Waals surface area contributed by atoms with Crippen molar-refractivity contribution in [3.8, 4) is 0 Å². The third-order valence-corrected chi connectivity index (χ3v) is 1.48. The molecule has 2 aliphatic rings. The van der Waals surface area contributed by atoms with Crippen LogP contribution in [0.1, 0.15) is 6.92 Å². The highest BCUT2D eigenvalue weighted by Crippen LogP contribution is 2.07. The molecule has 4 heteroatoms. The lowest BCUT2D eigenvalue weighted by Gasteiger charge is -2.18. The molecule has 4 nitrogen and oxygen atoms in total.